The van der Waals surface area contributed by atoms with E-state index in [-0.39, 0.29) is 0 Å². The molecule has 0 amide bonds. The second-order valence-electron chi connectivity index (χ2n) is 5.42. The average molecular weight is 545 g/mol. The Morgan fingerprint density at radius 1 is 1.17 bits per heavy atom. The largest absolute Gasteiger partial charge is 0.384 e. The van der Waals surface area contributed by atoms with Gasteiger partial charge in [-0.1, -0.05) is 46.0 Å². The van der Waals surface area contributed by atoms with Crippen LogP contribution in [0.4, 0.5) is 0 Å². The van der Waals surface area contributed by atoms with E-state index in [2.05, 4.69) is 43.7 Å². The van der Waals surface area contributed by atoms with E-state index in [4.69, 9.17) is 39.6 Å². The first-order chi connectivity index (χ1) is 10.8. The Hall–Kier alpha value is -0.0100. The van der Waals surface area contributed by atoms with Gasteiger partial charge in [-0.05, 0) is 69.7 Å². The standard InChI is InChI=1S/C16H10BrCl3INO/c1-16(9-5-11(18)15(20)12(19)6-9)7-14(22-23-16)8-2-3-13(21)10(17)4-8/h2-6H,7H2,1H3. The van der Waals surface area contributed by atoms with Gasteiger partial charge in [-0.15, -0.1) is 0 Å². The molecule has 2 aromatic rings. The summed E-state index contributed by atoms with van der Waals surface area (Å²) in [6.45, 7) is 1.96. The third-order valence-electron chi connectivity index (χ3n) is 3.71. The molecule has 0 saturated heterocycles. The van der Waals surface area contributed by atoms with E-state index in [1.165, 1.54) is 0 Å². The Bertz CT molecular complexity index is 804. The highest BCUT2D eigenvalue weighted by Gasteiger charge is 2.37. The predicted molar refractivity (Wildman–Crippen MR) is 108 cm³/mol. The minimum absolute atomic E-state index is 0.349. The molecule has 0 aliphatic carbocycles. The van der Waals surface area contributed by atoms with Gasteiger partial charge in [0.25, 0.3) is 0 Å². The van der Waals surface area contributed by atoms with Crippen molar-refractivity contribution in [3.8, 4) is 0 Å². The van der Waals surface area contributed by atoms with Crippen molar-refractivity contribution in [3.05, 3.63) is 64.6 Å². The SMILES string of the molecule is CC1(c2cc(Cl)c(Cl)c(Cl)c2)CC(c2ccc(I)c(Br)c2)=NO1. The first-order valence-corrected chi connectivity index (χ1v) is 9.66. The number of benzene rings is 2. The number of rotatable bonds is 2. The molecule has 120 valence electrons. The van der Waals surface area contributed by atoms with Crippen LogP contribution in [0.25, 0.3) is 0 Å². The summed E-state index contributed by atoms with van der Waals surface area (Å²) >= 11 is 24.1. The molecule has 2 aromatic carbocycles. The molecule has 1 unspecified atom stereocenters. The number of hydrogen-bond donors (Lipinski definition) is 0. The molecule has 2 nitrogen and oxygen atoms in total. The van der Waals surface area contributed by atoms with Gasteiger partial charge in [0.05, 0.1) is 20.8 Å². The Labute approximate surface area is 171 Å². The highest BCUT2D eigenvalue weighted by Crippen LogP contribution is 2.41. The van der Waals surface area contributed by atoms with Crippen LogP contribution in [0, 0.1) is 3.57 Å². The maximum Gasteiger partial charge on any atom is 0.165 e. The van der Waals surface area contributed by atoms with E-state index in [0.29, 0.717) is 21.5 Å². The molecule has 0 aromatic heterocycles. The predicted octanol–water partition coefficient (Wildman–Crippen LogP) is 7.05. The van der Waals surface area contributed by atoms with E-state index in [1.807, 2.05) is 25.1 Å². The van der Waals surface area contributed by atoms with Crippen LogP contribution in [0.15, 0.2) is 40.0 Å². The fraction of sp³-hybridized carbons (Fsp3) is 0.188. The van der Waals surface area contributed by atoms with Crippen LogP contribution >= 0.6 is 73.3 Å². The zero-order valence-electron chi connectivity index (χ0n) is 11.8. The molecule has 23 heavy (non-hydrogen) atoms. The van der Waals surface area contributed by atoms with Crippen molar-refractivity contribution < 1.29 is 4.84 Å². The summed E-state index contributed by atoms with van der Waals surface area (Å²) in [4.78, 5) is 5.72. The monoisotopic (exact) mass is 543 g/mol. The Balaban J connectivity index is 1.91. The summed E-state index contributed by atoms with van der Waals surface area (Å²) in [7, 11) is 0. The van der Waals surface area contributed by atoms with Gasteiger partial charge in [-0.3, -0.25) is 0 Å². The van der Waals surface area contributed by atoms with Gasteiger partial charge in [0.2, 0.25) is 0 Å². The second-order valence-corrected chi connectivity index (χ2v) is 8.63. The summed E-state index contributed by atoms with van der Waals surface area (Å²) in [5.41, 5.74) is 2.13. The first kappa shape index (κ1) is 17.8. The number of halogens is 5. The smallest absolute Gasteiger partial charge is 0.165 e. The maximum atomic E-state index is 6.13. The molecule has 0 spiro atoms. The van der Waals surface area contributed by atoms with Gasteiger partial charge < -0.3 is 4.84 Å². The van der Waals surface area contributed by atoms with Crippen LogP contribution in [0.1, 0.15) is 24.5 Å². The highest BCUT2D eigenvalue weighted by atomic mass is 127. The van der Waals surface area contributed by atoms with Crippen molar-refractivity contribution in [2.75, 3.05) is 0 Å². The van der Waals surface area contributed by atoms with E-state index >= 15 is 0 Å². The molecule has 3 rings (SSSR count). The third-order valence-corrected chi connectivity index (χ3v) is 7.24. The Morgan fingerprint density at radius 3 is 2.43 bits per heavy atom. The molecule has 0 radical (unpaired) electrons. The van der Waals surface area contributed by atoms with Crippen LogP contribution in [0.5, 0.6) is 0 Å². The molecule has 7 heteroatoms. The van der Waals surface area contributed by atoms with Crippen molar-refractivity contribution in [3.63, 3.8) is 0 Å². The summed E-state index contributed by atoms with van der Waals surface area (Å²) in [6, 6.07) is 9.66. The zero-order valence-corrected chi connectivity index (χ0v) is 17.9. The number of oxime groups is 1. The minimum Gasteiger partial charge on any atom is -0.384 e. The summed E-state index contributed by atoms with van der Waals surface area (Å²) in [5, 5.41) is 5.42. The number of nitrogens with zero attached hydrogens (tertiary/aromatic N) is 1. The van der Waals surface area contributed by atoms with Crippen LogP contribution < -0.4 is 0 Å². The summed E-state index contributed by atoms with van der Waals surface area (Å²) in [5.74, 6) is 0. The normalized spacial score (nSPS) is 20.3. The molecule has 1 aliphatic heterocycles. The maximum absolute atomic E-state index is 6.13. The lowest BCUT2D eigenvalue weighted by Crippen LogP contribution is -2.22. The van der Waals surface area contributed by atoms with E-state index < -0.39 is 5.60 Å². The van der Waals surface area contributed by atoms with Gasteiger partial charge in [0.1, 0.15) is 0 Å². The van der Waals surface area contributed by atoms with Crippen molar-refractivity contribution in [1.82, 2.24) is 0 Å². The Morgan fingerprint density at radius 2 is 1.83 bits per heavy atom. The fourth-order valence-corrected chi connectivity index (χ4v) is 3.70. The van der Waals surface area contributed by atoms with Gasteiger partial charge >= 0.3 is 0 Å². The third kappa shape index (κ3) is 3.52. The average Bonchev–Trinajstić information content (AvgIpc) is 2.91. The Kier molecular flexibility index (Phi) is 5.20. The van der Waals surface area contributed by atoms with Crippen LogP contribution in [0.3, 0.4) is 0 Å². The molecule has 0 N–H and O–H groups in total. The molecular weight excluding hydrogens is 535 g/mol. The van der Waals surface area contributed by atoms with Crippen molar-refractivity contribution in [2.45, 2.75) is 18.9 Å². The summed E-state index contributed by atoms with van der Waals surface area (Å²) in [6.07, 6.45) is 0.619. The lowest BCUT2D eigenvalue weighted by molar-refractivity contribution is -0.00737. The van der Waals surface area contributed by atoms with Crippen molar-refractivity contribution in [1.29, 1.82) is 0 Å². The molecular formula is C16H10BrCl3INO. The zero-order chi connectivity index (χ0) is 16.8. The minimum atomic E-state index is -0.622. The molecule has 1 heterocycles. The first-order valence-electron chi connectivity index (χ1n) is 6.66. The van der Waals surface area contributed by atoms with Gasteiger partial charge in [0, 0.05) is 25.6 Å². The molecule has 0 bridgehead atoms. The van der Waals surface area contributed by atoms with Crippen LogP contribution in [-0.2, 0) is 10.4 Å². The van der Waals surface area contributed by atoms with E-state index in [1.54, 1.807) is 12.1 Å². The quantitative estimate of drug-likeness (QED) is 0.293. The topological polar surface area (TPSA) is 21.6 Å². The highest BCUT2D eigenvalue weighted by molar-refractivity contribution is 14.1. The van der Waals surface area contributed by atoms with Crippen LogP contribution in [-0.4, -0.2) is 5.71 Å². The molecule has 1 aliphatic rings. The fourth-order valence-electron chi connectivity index (χ4n) is 2.39. The van der Waals surface area contributed by atoms with Gasteiger partial charge in [0.15, 0.2) is 5.60 Å². The van der Waals surface area contributed by atoms with Crippen molar-refractivity contribution in [2.24, 2.45) is 5.16 Å². The lowest BCUT2D eigenvalue weighted by Gasteiger charge is -2.22. The number of hydrogen-bond acceptors (Lipinski definition) is 2. The van der Waals surface area contributed by atoms with Crippen molar-refractivity contribution >= 4 is 79.0 Å². The molecule has 1 atom stereocenters. The van der Waals surface area contributed by atoms with E-state index in [0.717, 1.165) is 24.9 Å². The second kappa shape index (κ2) is 6.71. The molecule has 0 fully saturated rings. The van der Waals surface area contributed by atoms with Gasteiger partial charge in [-0.25, -0.2) is 0 Å². The molecule has 0 saturated carbocycles. The van der Waals surface area contributed by atoms with Gasteiger partial charge in [-0.2, -0.15) is 0 Å². The lowest BCUT2D eigenvalue weighted by atomic mass is 9.89. The van der Waals surface area contributed by atoms with Crippen LogP contribution in [0.2, 0.25) is 15.1 Å². The van der Waals surface area contributed by atoms with E-state index in [9.17, 15) is 0 Å². The summed E-state index contributed by atoms with van der Waals surface area (Å²) < 4.78 is 2.18.